The summed E-state index contributed by atoms with van der Waals surface area (Å²) in [7, 11) is -2.20. The van der Waals surface area contributed by atoms with Gasteiger partial charge in [-0.25, -0.2) is 0 Å². The van der Waals surface area contributed by atoms with Crippen LogP contribution in [0.3, 0.4) is 0 Å². The van der Waals surface area contributed by atoms with Crippen LogP contribution in [0.4, 0.5) is 0 Å². The van der Waals surface area contributed by atoms with Crippen molar-refractivity contribution < 1.29 is 14.2 Å². The molecule has 20 heavy (non-hydrogen) atoms. The molecule has 110 valence electrons. The number of hydrogen-bond acceptors (Lipinski definition) is 3. The standard InChI is InChI=1S/C15H22NO3P/c16-11-8-13-4-6-14(7-5-13)19-12-15(20(17)18)9-2-1-3-10-15/h4-7H,1-3,8-12,16H2/p+1. The summed E-state index contributed by atoms with van der Waals surface area (Å²) in [5.74, 6) is 0.757. The first-order valence-electron chi connectivity index (χ1n) is 7.24. The molecule has 3 N–H and O–H groups in total. The van der Waals surface area contributed by atoms with Gasteiger partial charge in [0, 0.05) is 12.8 Å². The van der Waals surface area contributed by atoms with Crippen LogP contribution in [0.25, 0.3) is 0 Å². The van der Waals surface area contributed by atoms with Crippen LogP contribution in [0.15, 0.2) is 24.3 Å². The van der Waals surface area contributed by atoms with E-state index in [0.29, 0.717) is 13.2 Å². The molecule has 0 saturated heterocycles. The van der Waals surface area contributed by atoms with Gasteiger partial charge in [0.1, 0.15) is 12.4 Å². The third kappa shape index (κ3) is 3.78. The highest BCUT2D eigenvalue weighted by Gasteiger charge is 2.50. The first-order chi connectivity index (χ1) is 9.66. The van der Waals surface area contributed by atoms with E-state index in [9.17, 15) is 9.46 Å². The summed E-state index contributed by atoms with van der Waals surface area (Å²) in [6.07, 6.45) is 5.60. The Morgan fingerprint density at radius 1 is 1.20 bits per heavy atom. The van der Waals surface area contributed by atoms with Gasteiger partial charge < -0.3 is 10.5 Å². The van der Waals surface area contributed by atoms with Crippen molar-refractivity contribution in [3.05, 3.63) is 29.8 Å². The second-order valence-corrected chi connectivity index (χ2v) is 7.02. The van der Waals surface area contributed by atoms with E-state index < -0.39 is 13.2 Å². The predicted octanol–water partition coefficient (Wildman–Crippen LogP) is 3.00. The van der Waals surface area contributed by atoms with Crippen molar-refractivity contribution in [1.82, 2.24) is 0 Å². The molecule has 4 nitrogen and oxygen atoms in total. The summed E-state index contributed by atoms with van der Waals surface area (Å²) in [5, 5.41) is -0.552. The highest BCUT2D eigenvalue weighted by molar-refractivity contribution is 7.40. The molecule has 5 heteroatoms. The molecule has 0 radical (unpaired) electrons. The summed E-state index contributed by atoms with van der Waals surface area (Å²) in [6.45, 7) is 0.962. The molecule has 2 rings (SSSR count). The second-order valence-electron chi connectivity index (χ2n) is 5.53. The smallest absolute Gasteiger partial charge is 0.488 e. The van der Waals surface area contributed by atoms with Gasteiger partial charge in [0.05, 0.1) is 0 Å². The van der Waals surface area contributed by atoms with Crippen LogP contribution in [-0.2, 0) is 11.0 Å². The lowest BCUT2D eigenvalue weighted by Crippen LogP contribution is -2.34. The van der Waals surface area contributed by atoms with Crippen LogP contribution in [0.5, 0.6) is 5.75 Å². The number of benzene rings is 1. The van der Waals surface area contributed by atoms with E-state index in [2.05, 4.69) is 0 Å². The number of ether oxygens (including phenoxy) is 1. The molecule has 1 aromatic carbocycles. The average molecular weight is 296 g/mol. The molecule has 0 aliphatic heterocycles. The lowest BCUT2D eigenvalue weighted by atomic mass is 9.89. The van der Waals surface area contributed by atoms with Crippen molar-refractivity contribution in [2.24, 2.45) is 5.73 Å². The van der Waals surface area contributed by atoms with E-state index in [-0.39, 0.29) is 0 Å². The quantitative estimate of drug-likeness (QED) is 0.791. The summed E-state index contributed by atoms with van der Waals surface area (Å²) >= 11 is 0. The van der Waals surface area contributed by atoms with E-state index in [1.54, 1.807) is 0 Å². The van der Waals surface area contributed by atoms with Crippen LogP contribution in [-0.4, -0.2) is 23.2 Å². The zero-order valence-corrected chi connectivity index (χ0v) is 12.6. The number of rotatable bonds is 6. The Hall–Kier alpha value is -0.960. The van der Waals surface area contributed by atoms with Crippen LogP contribution in [0.1, 0.15) is 37.7 Å². The first-order valence-corrected chi connectivity index (χ1v) is 8.46. The maximum atomic E-state index is 11.7. The molecule has 0 amide bonds. The third-order valence-corrected chi connectivity index (χ3v) is 5.44. The van der Waals surface area contributed by atoms with E-state index in [0.717, 1.165) is 44.3 Å². The lowest BCUT2D eigenvalue weighted by Gasteiger charge is -2.25. The molecule has 0 heterocycles. The minimum Gasteiger partial charge on any atom is -0.488 e. The zero-order chi connectivity index (χ0) is 14.4. The molecule has 0 bridgehead atoms. The van der Waals surface area contributed by atoms with Crippen LogP contribution >= 0.6 is 8.03 Å². The molecule has 1 unspecified atom stereocenters. The molecule has 1 atom stereocenters. The Bertz CT molecular complexity index is 441. The summed E-state index contributed by atoms with van der Waals surface area (Å²) in [4.78, 5) is 9.64. The Morgan fingerprint density at radius 3 is 2.40 bits per heavy atom. The van der Waals surface area contributed by atoms with Crippen molar-refractivity contribution >= 4 is 8.03 Å². The Labute approximate surface area is 121 Å². The van der Waals surface area contributed by atoms with E-state index >= 15 is 0 Å². The van der Waals surface area contributed by atoms with Crippen molar-refractivity contribution in [1.29, 1.82) is 0 Å². The van der Waals surface area contributed by atoms with Crippen molar-refractivity contribution in [3.63, 3.8) is 0 Å². The van der Waals surface area contributed by atoms with Crippen LogP contribution < -0.4 is 10.5 Å². The largest absolute Gasteiger partial charge is 0.515 e. The van der Waals surface area contributed by atoms with E-state index in [1.165, 1.54) is 5.56 Å². The summed E-state index contributed by atoms with van der Waals surface area (Å²) in [6, 6.07) is 7.81. The molecule has 0 spiro atoms. The fraction of sp³-hybridized carbons (Fsp3) is 0.600. The highest BCUT2D eigenvalue weighted by Crippen LogP contribution is 2.46. The van der Waals surface area contributed by atoms with Gasteiger partial charge in [-0.2, -0.15) is 4.89 Å². The average Bonchev–Trinajstić information content (AvgIpc) is 2.48. The number of hydrogen-bond donors (Lipinski definition) is 2. The summed E-state index contributed by atoms with van der Waals surface area (Å²) in [5.41, 5.74) is 6.69. The van der Waals surface area contributed by atoms with E-state index in [1.807, 2.05) is 24.3 Å². The number of nitrogens with two attached hydrogens (primary N) is 1. The summed E-state index contributed by atoms with van der Waals surface area (Å²) < 4.78 is 17.5. The Balaban J connectivity index is 1.97. The molecule has 1 fully saturated rings. The maximum Gasteiger partial charge on any atom is 0.515 e. The minimum atomic E-state index is -2.20. The molecular formula is C15H23NO3P+. The molecule has 1 aliphatic rings. The fourth-order valence-electron chi connectivity index (χ4n) is 2.74. The molecule has 0 aromatic heterocycles. The van der Waals surface area contributed by atoms with Crippen LogP contribution in [0.2, 0.25) is 0 Å². The molecule has 1 aliphatic carbocycles. The SMILES string of the molecule is NCCc1ccc(OCC2([P+](=O)O)CCCCC2)cc1. The van der Waals surface area contributed by atoms with Crippen molar-refractivity contribution in [3.8, 4) is 5.75 Å². The van der Waals surface area contributed by atoms with Crippen molar-refractivity contribution in [2.75, 3.05) is 13.2 Å². The van der Waals surface area contributed by atoms with Gasteiger partial charge in [0.25, 0.3) is 0 Å². The van der Waals surface area contributed by atoms with Gasteiger partial charge in [-0.3, -0.25) is 0 Å². The van der Waals surface area contributed by atoms with E-state index in [4.69, 9.17) is 10.5 Å². The van der Waals surface area contributed by atoms with Gasteiger partial charge in [0.15, 0.2) is 0 Å². The Kier molecular flexibility index (Phi) is 5.53. The third-order valence-electron chi connectivity index (χ3n) is 4.05. The van der Waals surface area contributed by atoms with Gasteiger partial charge in [-0.1, -0.05) is 18.6 Å². The van der Waals surface area contributed by atoms with Crippen LogP contribution in [0, 0.1) is 0 Å². The fourth-order valence-corrected chi connectivity index (χ4v) is 3.61. The maximum absolute atomic E-state index is 11.7. The Morgan fingerprint density at radius 2 is 1.85 bits per heavy atom. The van der Waals surface area contributed by atoms with Crippen molar-refractivity contribution in [2.45, 2.75) is 43.7 Å². The monoisotopic (exact) mass is 296 g/mol. The topological polar surface area (TPSA) is 72.5 Å². The molecule has 1 saturated carbocycles. The molecule has 1 aromatic rings. The lowest BCUT2D eigenvalue weighted by molar-refractivity contribution is 0.217. The van der Waals surface area contributed by atoms with Gasteiger partial charge in [-0.15, -0.1) is 0 Å². The zero-order valence-electron chi connectivity index (χ0n) is 11.8. The van der Waals surface area contributed by atoms with Gasteiger partial charge >= 0.3 is 8.03 Å². The van der Waals surface area contributed by atoms with Gasteiger partial charge in [-0.05, 0) is 48.1 Å². The minimum absolute atomic E-state index is 0.328. The highest BCUT2D eigenvalue weighted by atomic mass is 31.1. The normalized spacial score (nSPS) is 18.6. The predicted molar refractivity (Wildman–Crippen MR) is 80.3 cm³/mol. The first kappa shape index (κ1) is 15.4. The second kappa shape index (κ2) is 7.16. The van der Waals surface area contributed by atoms with Gasteiger partial charge in [0.2, 0.25) is 5.16 Å². The molecular weight excluding hydrogens is 273 g/mol.